The molecule has 4 heterocycles. The van der Waals surface area contributed by atoms with E-state index in [1.54, 1.807) is 4.68 Å². The van der Waals surface area contributed by atoms with E-state index in [4.69, 9.17) is 0 Å². The fraction of sp³-hybridized carbons (Fsp3) is 0.529. The van der Waals surface area contributed by atoms with Gasteiger partial charge in [-0.2, -0.15) is 5.10 Å². The van der Waals surface area contributed by atoms with Crippen LogP contribution in [0.3, 0.4) is 0 Å². The van der Waals surface area contributed by atoms with Gasteiger partial charge >= 0.3 is 0 Å². The number of carbonyl (C=O) groups excluding carboxylic acids is 1. The van der Waals surface area contributed by atoms with Crippen molar-refractivity contribution in [2.45, 2.75) is 26.3 Å². The zero-order valence-corrected chi connectivity index (χ0v) is 16.1. The van der Waals surface area contributed by atoms with Gasteiger partial charge in [-0.25, -0.2) is 23.1 Å². The van der Waals surface area contributed by atoms with Crippen molar-refractivity contribution in [1.29, 1.82) is 0 Å². The molecule has 1 amide bonds. The second-order valence-electron chi connectivity index (χ2n) is 7.28. The lowest BCUT2D eigenvalue weighted by Crippen LogP contribution is -2.55. The summed E-state index contributed by atoms with van der Waals surface area (Å²) in [5.74, 6) is 1.41. The summed E-state index contributed by atoms with van der Waals surface area (Å²) >= 11 is 0. The zero-order valence-electron chi connectivity index (χ0n) is 15.3. The van der Waals surface area contributed by atoms with Crippen molar-refractivity contribution in [2.75, 3.05) is 29.5 Å². The molecule has 0 spiro atoms. The lowest BCUT2D eigenvalue weighted by molar-refractivity contribution is -0.126. The van der Waals surface area contributed by atoms with Gasteiger partial charge in [0.05, 0.1) is 23.1 Å². The molecule has 0 aliphatic carbocycles. The fourth-order valence-corrected chi connectivity index (χ4v) is 5.22. The molecule has 2 aliphatic rings. The minimum atomic E-state index is -2.99. The number of nitrogens with zero attached hydrogens (tertiary/aromatic N) is 5. The fourth-order valence-electron chi connectivity index (χ4n) is 3.55. The van der Waals surface area contributed by atoms with E-state index in [1.165, 1.54) is 6.33 Å². The van der Waals surface area contributed by atoms with E-state index in [-0.39, 0.29) is 29.4 Å². The van der Waals surface area contributed by atoms with Gasteiger partial charge in [-0.3, -0.25) is 4.79 Å². The van der Waals surface area contributed by atoms with Gasteiger partial charge in [0.1, 0.15) is 12.1 Å². The number of amides is 1. The Hall–Kier alpha value is -2.49. The van der Waals surface area contributed by atoms with Crippen LogP contribution in [0.2, 0.25) is 0 Å². The summed E-state index contributed by atoms with van der Waals surface area (Å²) in [6.07, 6.45) is 2.00. The molecule has 2 aliphatic heterocycles. The molecular weight excluding hydrogens is 368 g/mol. The molecule has 1 atom stereocenters. The van der Waals surface area contributed by atoms with Gasteiger partial charge in [0.2, 0.25) is 5.91 Å². The topological polar surface area (TPSA) is 110 Å². The lowest BCUT2D eigenvalue weighted by Gasteiger charge is -2.39. The first-order valence-electron chi connectivity index (χ1n) is 8.92. The average molecular weight is 390 g/mol. The molecule has 2 aromatic heterocycles. The van der Waals surface area contributed by atoms with Crippen molar-refractivity contribution in [3.8, 4) is 5.82 Å². The van der Waals surface area contributed by atoms with E-state index in [0.29, 0.717) is 25.3 Å². The number of nitrogens with one attached hydrogen (secondary N) is 1. The molecule has 9 nitrogen and oxygen atoms in total. The molecule has 2 aromatic rings. The van der Waals surface area contributed by atoms with Crippen LogP contribution in [0.1, 0.15) is 17.8 Å². The summed E-state index contributed by atoms with van der Waals surface area (Å²) in [7, 11) is -2.99. The van der Waals surface area contributed by atoms with E-state index in [2.05, 4.69) is 20.4 Å². The third kappa shape index (κ3) is 3.66. The average Bonchev–Trinajstić information content (AvgIpc) is 3.07. The summed E-state index contributed by atoms with van der Waals surface area (Å²) in [5, 5.41) is 7.30. The van der Waals surface area contributed by atoms with E-state index in [9.17, 15) is 13.2 Å². The monoisotopic (exact) mass is 390 g/mol. The molecule has 1 unspecified atom stereocenters. The highest BCUT2D eigenvalue weighted by atomic mass is 32.2. The maximum atomic E-state index is 12.3. The van der Waals surface area contributed by atoms with Crippen LogP contribution >= 0.6 is 0 Å². The van der Waals surface area contributed by atoms with Crippen LogP contribution in [0, 0.1) is 19.8 Å². The predicted molar refractivity (Wildman–Crippen MR) is 99.5 cm³/mol. The Morgan fingerprint density at radius 1 is 1.19 bits per heavy atom. The summed E-state index contributed by atoms with van der Waals surface area (Å²) in [6.45, 7) is 5.01. The Morgan fingerprint density at radius 3 is 2.56 bits per heavy atom. The number of carbonyl (C=O) groups is 1. The maximum Gasteiger partial charge on any atom is 0.226 e. The number of hydrogen-bond acceptors (Lipinski definition) is 7. The largest absolute Gasteiger partial charge is 0.355 e. The Kier molecular flexibility index (Phi) is 4.37. The zero-order chi connectivity index (χ0) is 19.2. The molecule has 4 rings (SSSR count). The van der Waals surface area contributed by atoms with E-state index < -0.39 is 9.84 Å². The number of hydrogen-bond donors (Lipinski definition) is 1. The molecular formula is C17H22N6O3S. The second kappa shape index (κ2) is 6.59. The molecule has 0 saturated carbocycles. The number of anilines is 1. The van der Waals surface area contributed by atoms with E-state index >= 15 is 0 Å². The normalized spacial score (nSPS) is 21.9. The Labute approximate surface area is 157 Å². The number of aryl methyl sites for hydroxylation is 2. The van der Waals surface area contributed by atoms with Crippen LogP contribution in [-0.4, -0.2) is 64.7 Å². The molecule has 144 valence electrons. The maximum absolute atomic E-state index is 12.3. The van der Waals surface area contributed by atoms with Crippen molar-refractivity contribution in [3.63, 3.8) is 0 Å². The van der Waals surface area contributed by atoms with E-state index in [1.807, 2.05) is 30.9 Å². The summed E-state index contributed by atoms with van der Waals surface area (Å²) in [4.78, 5) is 22.9. The minimum absolute atomic E-state index is 0.0487. The molecule has 27 heavy (non-hydrogen) atoms. The first kappa shape index (κ1) is 17.9. The molecule has 2 saturated heterocycles. The van der Waals surface area contributed by atoms with E-state index in [0.717, 1.165) is 17.2 Å². The quantitative estimate of drug-likeness (QED) is 0.783. The van der Waals surface area contributed by atoms with Crippen LogP contribution < -0.4 is 10.2 Å². The Morgan fingerprint density at radius 2 is 1.93 bits per heavy atom. The number of aromatic nitrogens is 4. The first-order valence-corrected chi connectivity index (χ1v) is 10.7. The lowest BCUT2D eigenvalue weighted by atomic mass is 9.98. The van der Waals surface area contributed by atoms with Crippen molar-refractivity contribution >= 4 is 21.6 Å². The van der Waals surface area contributed by atoms with Gasteiger partial charge in [-0.15, -0.1) is 0 Å². The SMILES string of the molecule is Cc1cc(C)n(-c2cc(N3CC(C(=O)NC4CCS(=O)(=O)C4)C3)ncn2)n1. The minimum Gasteiger partial charge on any atom is -0.355 e. The molecule has 1 N–H and O–H groups in total. The second-order valence-corrected chi connectivity index (χ2v) is 9.51. The Balaban J connectivity index is 1.38. The molecule has 0 aromatic carbocycles. The molecule has 0 radical (unpaired) electrons. The molecule has 10 heteroatoms. The summed E-state index contributed by atoms with van der Waals surface area (Å²) < 4.78 is 24.8. The van der Waals surface area contributed by atoms with Gasteiger partial charge in [0.15, 0.2) is 15.7 Å². The number of sulfone groups is 1. The van der Waals surface area contributed by atoms with Gasteiger partial charge in [0.25, 0.3) is 0 Å². The van der Waals surface area contributed by atoms with Gasteiger partial charge in [-0.05, 0) is 26.3 Å². The summed E-state index contributed by atoms with van der Waals surface area (Å²) in [6, 6.07) is 3.58. The first-order chi connectivity index (χ1) is 12.8. The molecule has 2 fully saturated rings. The highest BCUT2D eigenvalue weighted by Crippen LogP contribution is 2.24. The standard InChI is InChI=1S/C17H22N6O3S/c1-11-5-12(2)23(21-11)16-6-15(18-10-19-16)22-7-13(8-22)17(24)20-14-3-4-27(25,26)9-14/h5-6,10,13-14H,3-4,7-9H2,1-2H3,(H,20,24). The third-order valence-corrected chi connectivity index (χ3v) is 6.79. The highest BCUT2D eigenvalue weighted by Gasteiger charge is 2.36. The van der Waals surface area contributed by atoms with Gasteiger partial charge < -0.3 is 10.2 Å². The predicted octanol–water partition coefficient (Wildman–Crippen LogP) is 0.0186. The van der Waals surface area contributed by atoms with Crippen LogP contribution in [0.25, 0.3) is 5.82 Å². The smallest absolute Gasteiger partial charge is 0.226 e. The number of rotatable bonds is 4. The van der Waals surface area contributed by atoms with Gasteiger partial charge in [0, 0.05) is 30.9 Å². The Bertz CT molecular complexity index is 980. The van der Waals surface area contributed by atoms with Crippen LogP contribution in [0.5, 0.6) is 0 Å². The third-order valence-electron chi connectivity index (χ3n) is 5.02. The van der Waals surface area contributed by atoms with Crippen molar-refractivity contribution in [3.05, 3.63) is 29.8 Å². The van der Waals surface area contributed by atoms with Crippen molar-refractivity contribution in [1.82, 2.24) is 25.1 Å². The highest BCUT2D eigenvalue weighted by molar-refractivity contribution is 7.91. The van der Waals surface area contributed by atoms with Crippen molar-refractivity contribution in [2.24, 2.45) is 5.92 Å². The van der Waals surface area contributed by atoms with Crippen LogP contribution in [0.4, 0.5) is 5.82 Å². The summed E-state index contributed by atoms with van der Waals surface area (Å²) in [5.41, 5.74) is 1.91. The van der Waals surface area contributed by atoms with Gasteiger partial charge in [-0.1, -0.05) is 0 Å². The van der Waals surface area contributed by atoms with Crippen molar-refractivity contribution < 1.29 is 13.2 Å². The van der Waals surface area contributed by atoms with Crippen LogP contribution in [-0.2, 0) is 14.6 Å². The molecule has 0 bridgehead atoms. The van der Waals surface area contributed by atoms with Crippen LogP contribution in [0.15, 0.2) is 18.5 Å².